The molecule has 158 valence electrons. The number of rotatable bonds is 5. The molecule has 1 N–H and O–H groups in total. The Hall–Kier alpha value is -3.56. The van der Waals surface area contributed by atoms with Gasteiger partial charge in [0, 0.05) is 26.3 Å². The number of hydrogen-bond acceptors (Lipinski definition) is 7. The van der Waals surface area contributed by atoms with E-state index in [0.717, 1.165) is 21.7 Å². The fourth-order valence-corrected chi connectivity index (χ4v) is 3.62. The van der Waals surface area contributed by atoms with Crippen LogP contribution in [0.5, 0.6) is 5.75 Å². The van der Waals surface area contributed by atoms with Crippen LogP contribution in [0, 0.1) is 0 Å². The predicted molar refractivity (Wildman–Crippen MR) is 117 cm³/mol. The molecule has 0 aliphatic carbocycles. The Morgan fingerprint density at radius 2 is 1.83 bits per heavy atom. The number of hydrazone groups is 1. The number of hydrogen-bond donors (Lipinski definition) is 1. The number of imidazole rings is 1. The maximum atomic E-state index is 12.9. The fourth-order valence-electron chi connectivity index (χ4n) is 3.62. The van der Waals surface area contributed by atoms with E-state index in [0.29, 0.717) is 30.2 Å². The van der Waals surface area contributed by atoms with Crippen LogP contribution in [-0.2, 0) is 14.1 Å². The SMILES string of the molecule is COc1ccc(NCCN2N=C(C)C(C)n3c2nc2c3c(=O)n(C)c(=O)n2C)cc1. The molecular weight excluding hydrogens is 386 g/mol. The summed E-state index contributed by atoms with van der Waals surface area (Å²) in [5.41, 5.74) is 1.84. The third kappa shape index (κ3) is 3.04. The predicted octanol–water partition coefficient (Wildman–Crippen LogP) is 1.31. The van der Waals surface area contributed by atoms with Crippen molar-refractivity contribution in [2.45, 2.75) is 19.9 Å². The van der Waals surface area contributed by atoms with Gasteiger partial charge < -0.3 is 10.1 Å². The van der Waals surface area contributed by atoms with Gasteiger partial charge in [0.05, 0.1) is 25.4 Å². The summed E-state index contributed by atoms with van der Waals surface area (Å²) in [5.74, 6) is 1.35. The summed E-state index contributed by atoms with van der Waals surface area (Å²) in [4.78, 5) is 29.8. The van der Waals surface area contributed by atoms with Gasteiger partial charge in [-0.2, -0.15) is 10.1 Å². The molecule has 3 aromatic rings. The minimum absolute atomic E-state index is 0.138. The van der Waals surface area contributed by atoms with E-state index >= 15 is 0 Å². The molecule has 0 saturated carbocycles. The van der Waals surface area contributed by atoms with E-state index in [9.17, 15) is 9.59 Å². The van der Waals surface area contributed by atoms with Gasteiger partial charge in [0.15, 0.2) is 11.2 Å². The summed E-state index contributed by atoms with van der Waals surface area (Å²) in [5, 5.41) is 9.80. The highest BCUT2D eigenvalue weighted by atomic mass is 16.5. The topological polar surface area (TPSA) is 98.7 Å². The monoisotopic (exact) mass is 411 g/mol. The van der Waals surface area contributed by atoms with Gasteiger partial charge in [0.2, 0.25) is 5.95 Å². The highest BCUT2D eigenvalue weighted by molar-refractivity contribution is 5.91. The molecule has 0 radical (unpaired) electrons. The van der Waals surface area contributed by atoms with Crippen molar-refractivity contribution in [1.29, 1.82) is 0 Å². The number of anilines is 2. The van der Waals surface area contributed by atoms with Crippen LogP contribution in [0.3, 0.4) is 0 Å². The summed E-state index contributed by atoms with van der Waals surface area (Å²) in [6.07, 6.45) is 0. The first-order valence-electron chi connectivity index (χ1n) is 9.72. The van der Waals surface area contributed by atoms with Crippen molar-refractivity contribution in [3.63, 3.8) is 0 Å². The van der Waals surface area contributed by atoms with E-state index in [1.807, 2.05) is 42.7 Å². The Labute approximate surface area is 173 Å². The Kier molecular flexibility index (Phi) is 4.84. The number of nitrogens with one attached hydrogen (secondary N) is 1. The molecule has 0 amide bonds. The van der Waals surface area contributed by atoms with E-state index in [4.69, 9.17) is 4.74 Å². The third-order valence-corrected chi connectivity index (χ3v) is 5.52. The zero-order chi connectivity index (χ0) is 21.6. The van der Waals surface area contributed by atoms with Gasteiger partial charge in [-0.05, 0) is 38.1 Å². The van der Waals surface area contributed by atoms with Crippen molar-refractivity contribution in [1.82, 2.24) is 18.7 Å². The number of aryl methyl sites for hydroxylation is 1. The molecule has 10 nitrogen and oxygen atoms in total. The van der Waals surface area contributed by atoms with Gasteiger partial charge in [-0.15, -0.1) is 0 Å². The first-order valence-corrected chi connectivity index (χ1v) is 9.72. The van der Waals surface area contributed by atoms with E-state index < -0.39 is 5.69 Å². The molecule has 0 bridgehead atoms. The standard InChI is InChI=1S/C20H25N7O3/c1-12-13(2)27-16-17(24(3)20(29)25(4)18(16)28)22-19(27)26(23-12)11-10-21-14-6-8-15(30-5)9-7-14/h6-9,13,21H,10-11H2,1-5H3. The van der Waals surface area contributed by atoms with Gasteiger partial charge in [-0.1, -0.05) is 0 Å². The molecule has 2 aromatic heterocycles. The largest absolute Gasteiger partial charge is 0.497 e. The Bertz CT molecular complexity index is 1250. The number of aromatic nitrogens is 4. The van der Waals surface area contributed by atoms with Crippen molar-refractivity contribution < 1.29 is 4.74 Å². The number of nitrogens with zero attached hydrogens (tertiary/aromatic N) is 6. The number of fused-ring (bicyclic) bond motifs is 3. The Balaban J connectivity index is 1.67. The lowest BCUT2D eigenvalue weighted by atomic mass is 10.2. The lowest BCUT2D eigenvalue weighted by Crippen LogP contribution is -2.39. The summed E-state index contributed by atoms with van der Waals surface area (Å²) < 4.78 is 9.56. The normalized spacial score (nSPS) is 15.8. The van der Waals surface area contributed by atoms with Crippen molar-refractivity contribution in [3.05, 3.63) is 45.1 Å². The van der Waals surface area contributed by atoms with Crippen LogP contribution in [0.15, 0.2) is 39.0 Å². The highest BCUT2D eigenvalue weighted by Gasteiger charge is 2.30. The van der Waals surface area contributed by atoms with Gasteiger partial charge in [0.25, 0.3) is 5.56 Å². The summed E-state index contributed by atoms with van der Waals surface area (Å²) in [7, 11) is 4.74. The number of benzene rings is 1. The first kappa shape index (κ1) is 19.7. The average molecular weight is 411 g/mol. The summed E-state index contributed by atoms with van der Waals surface area (Å²) in [6, 6.07) is 7.54. The summed E-state index contributed by atoms with van der Waals surface area (Å²) in [6.45, 7) is 5.04. The van der Waals surface area contributed by atoms with E-state index in [1.54, 1.807) is 19.2 Å². The molecule has 1 aromatic carbocycles. The molecule has 1 aliphatic rings. The van der Waals surface area contributed by atoms with Crippen molar-refractivity contribution >= 4 is 28.5 Å². The first-order chi connectivity index (χ1) is 14.3. The molecular formula is C20H25N7O3. The summed E-state index contributed by atoms with van der Waals surface area (Å²) >= 11 is 0. The van der Waals surface area contributed by atoms with Crippen molar-refractivity contribution in [2.24, 2.45) is 19.2 Å². The van der Waals surface area contributed by atoms with Crippen LogP contribution in [0.1, 0.15) is 19.9 Å². The molecule has 4 rings (SSSR count). The van der Waals surface area contributed by atoms with Crippen molar-refractivity contribution in [3.8, 4) is 5.75 Å². The molecule has 0 saturated heterocycles. The molecule has 1 aliphatic heterocycles. The van der Waals surface area contributed by atoms with Crippen LogP contribution in [0.25, 0.3) is 11.2 Å². The van der Waals surface area contributed by atoms with Crippen LogP contribution < -0.4 is 26.3 Å². The zero-order valence-corrected chi connectivity index (χ0v) is 17.7. The second-order valence-electron chi connectivity index (χ2n) is 7.36. The van der Waals surface area contributed by atoms with Crippen LogP contribution >= 0.6 is 0 Å². The average Bonchev–Trinajstić information content (AvgIpc) is 3.16. The quantitative estimate of drug-likeness (QED) is 0.680. The number of ether oxygens (including phenoxy) is 1. The maximum absolute atomic E-state index is 12.9. The molecule has 3 heterocycles. The third-order valence-electron chi connectivity index (χ3n) is 5.52. The smallest absolute Gasteiger partial charge is 0.332 e. The van der Waals surface area contributed by atoms with Crippen LogP contribution in [-0.4, -0.2) is 44.6 Å². The lowest BCUT2D eigenvalue weighted by Gasteiger charge is -2.29. The van der Waals surface area contributed by atoms with E-state index in [-0.39, 0.29) is 11.6 Å². The maximum Gasteiger partial charge on any atom is 0.332 e. The minimum Gasteiger partial charge on any atom is -0.497 e. The number of methoxy groups -OCH3 is 1. The highest BCUT2D eigenvalue weighted by Crippen LogP contribution is 2.29. The van der Waals surface area contributed by atoms with Crippen molar-refractivity contribution in [2.75, 3.05) is 30.5 Å². The zero-order valence-electron chi connectivity index (χ0n) is 17.7. The van der Waals surface area contributed by atoms with Crippen LogP contribution in [0.4, 0.5) is 11.6 Å². The molecule has 30 heavy (non-hydrogen) atoms. The minimum atomic E-state index is -0.402. The Morgan fingerprint density at radius 1 is 1.13 bits per heavy atom. The lowest BCUT2D eigenvalue weighted by molar-refractivity contribution is 0.415. The van der Waals surface area contributed by atoms with E-state index in [1.165, 1.54) is 11.6 Å². The van der Waals surface area contributed by atoms with E-state index in [2.05, 4.69) is 15.4 Å². The van der Waals surface area contributed by atoms with Crippen LogP contribution in [0.2, 0.25) is 0 Å². The van der Waals surface area contributed by atoms with Gasteiger partial charge in [-0.25, -0.2) is 9.80 Å². The molecule has 10 heteroatoms. The molecule has 0 fully saturated rings. The second kappa shape index (κ2) is 7.36. The van der Waals surface area contributed by atoms with Gasteiger partial charge >= 0.3 is 5.69 Å². The molecule has 0 spiro atoms. The second-order valence-corrected chi connectivity index (χ2v) is 7.36. The fraction of sp³-hybridized carbons (Fsp3) is 0.400. The van der Waals surface area contributed by atoms with Gasteiger partial charge in [0.1, 0.15) is 5.75 Å². The molecule has 1 atom stereocenters. The Morgan fingerprint density at radius 3 is 2.50 bits per heavy atom. The van der Waals surface area contributed by atoms with Gasteiger partial charge in [-0.3, -0.25) is 18.5 Å². The molecule has 1 unspecified atom stereocenters.